The molecule has 0 aliphatic carbocycles. The average molecular weight is 386 g/mol. The van der Waals surface area contributed by atoms with Crippen molar-refractivity contribution in [1.29, 1.82) is 0 Å². The molecule has 1 amide bonds. The van der Waals surface area contributed by atoms with Crippen LogP contribution in [0.15, 0.2) is 24.3 Å². The van der Waals surface area contributed by atoms with E-state index in [2.05, 4.69) is 16.0 Å². The predicted octanol–water partition coefficient (Wildman–Crippen LogP) is 0.353. The minimum atomic E-state index is -2.98. The highest BCUT2D eigenvalue weighted by Crippen LogP contribution is 2.11. The van der Waals surface area contributed by atoms with Gasteiger partial charge in [-0.1, -0.05) is 12.1 Å². The number of methoxy groups -OCH3 is 1. The maximum Gasteiger partial charge on any atom is 0.222 e. The molecule has 1 atom stereocenters. The number of hydrogen-bond donors (Lipinski definition) is 3. The van der Waals surface area contributed by atoms with Crippen molar-refractivity contribution in [2.75, 3.05) is 25.2 Å². The van der Waals surface area contributed by atoms with Crippen LogP contribution in [0.3, 0.4) is 0 Å². The van der Waals surface area contributed by atoms with Gasteiger partial charge in [-0.3, -0.25) is 4.79 Å². The van der Waals surface area contributed by atoms with Crippen LogP contribution in [0.5, 0.6) is 5.75 Å². The van der Waals surface area contributed by atoms with E-state index in [4.69, 9.17) is 17.0 Å². The highest BCUT2D eigenvalue weighted by atomic mass is 32.2. The molecule has 0 aromatic heterocycles. The Morgan fingerprint density at radius 2 is 2.00 bits per heavy atom. The van der Waals surface area contributed by atoms with Gasteiger partial charge in [0.05, 0.1) is 18.6 Å². The van der Waals surface area contributed by atoms with Gasteiger partial charge in [0.1, 0.15) is 5.75 Å². The van der Waals surface area contributed by atoms with Gasteiger partial charge >= 0.3 is 0 Å². The molecule has 2 rings (SSSR count). The molecule has 1 aromatic carbocycles. The van der Waals surface area contributed by atoms with Gasteiger partial charge in [0.25, 0.3) is 0 Å². The SMILES string of the molecule is COc1ccc(CNC(=S)NCCC(=O)NC2CCS(=O)(=O)C2)cc1. The summed E-state index contributed by atoms with van der Waals surface area (Å²) in [5.74, 6) is 0.807. The average Bonchev–Trinajstić information content (AvgIpc) is 2.92. The molecule has 1 heterocycles. The topological polar surface area (TPSA) is 96.5 Å². The molecule has 1 aliphatic heterocycles. The summed E-state index contributed by atoms with van der Waals surface area (Å²) in [6, 6.07) is 7.37. The second kappa shape index (κ2) is 9.00. The standard InChI is InChI=1S/C16H23N3O4S2/c1-23-14-4-2-12(3-5-14)10-18-16(24)17-8-6-15(20)19-13-7-9-25(21,22)11-13/h2-5,13H,6-11H2,1H3,(H,19,20)(H2,17,18,24). The lowest BCUT2D eigenvalue weighted by Gasteiger charge is -2.13. The number of sulfone groups is 1. The Balaban J connectivity index is 1.60. The van der Waals surface area contributed by atoms with Crippen molar-refractivity contribution in [3.8, 4) is 5.75 Å². The van der Waals surface area contributed by atoms with Gasteiger partial charge in [-0.25, -0.2) is 8.42 Å². The first-order valence-electron chi connectivity index (χ1n) is 8.02. The van der Waals surface area contributed by atoms with Crippen molar-refractivity contribution in [2.24, 2.45) is 0 Å². The van der Waals surface area contributed by atoms with Crippen LogP contribution in [0, 0.1) is 0 Å². The van der Waals surface area contributed by atoms with E-state index in [9.17, 15) is 13.2 Å². The summed E-state index contributed by atoms with van der Waals surface area (Å²) in [7, 11) is -1.36. The molecule has 1 aromatic rings. The minimum absolute atomic E-state index is 0.0357. The fraction of sp³-hybridized carbons (Fsp3) is 0.500. The van der Waals surface area contributed by atoms with E-state index in [0.29, 0.717) is 24.6 Å². The van der Waals surface area contributed by atoms with Crippen LogP contribution < -0.4 is 20.7 Å². The van der Waals surface area contributed by atoms with Crippen LogP contribution in [0.2, 0.25) is 0 Å². The van der Waals surface area contributed by atoms with Crippen molar-refractivity contribution in [1.82, 2.24) is 16.0 Å². The first-order chi connectivity index (χ1) is 11.9. The summed E-state index contributed by atoms with van der Waals surface area (Å²) in [4.78, 5) is 11.8. The number of rotatable bonds is 7. The fourth-order valence-corrected chi connectivity index (χ4v) is 4.33. The summed E-state index contributed by atoms with van der Waals surface area (Å²) in [5, 5.41) is 9.23. The normalized spacial score (nSPS) is 18.4. The smallest absolute Gasteiger partial charge is 0.222 e. The van der Waals surface area contributed by atoms with Crippen LogP contribution in [0.25, 0.3) is 0 Å². The molecule has 0 spiro atoms. The van der Waals surface area contributed by atoms with Crippen molar-refractivity contribution in [3.63, 3.8) is 0 Å². The van der Waals surface area contributed by atoms with E-state index in [1.54, 1.807) is 7.11 Å². The molecule has 3 N–H and O–H groups in total. The number of carbonyl (C=O) groups excluding carboxylic acids is 1. The number of ether oxygens (including phenoxy) is 1. The number of thiocarbonyl (C=S) groups is 1. The van der Waals surface area contributed by atoms with Gasteiger partial charge in [0, 0.05) is 25.6 Å². The second-order valence-corrected chi connectivity index (χ2v) is 8.51. The van der Waals surface area contributed by atoms with Crippen molar-refractivity contribution < 1.29 is 17.9 Å². The van der Waals surface area contributed by atoms with E-state index in [0.717, 1.165) is 11.3 Å². The van der Waals surface area contributed by atoms with Crippen LogP contribution in [0.1, 0.15) is 18.4 Å². The number of nitrogens with one attached hydrogen (secondary N) is 3. The molecule has 7 nitrogen and oxygen atoms in total. The molecule has 1 saturated heterocycles. The van der Waals surface area contributed by atoms with Crippen molar-refractivity contribution in [2.45, 2.75) is 25.4 Å². The first-order valence-corrected chi connectivity index (χ1v) is 10.3. The van der Waals surface area contributed by atoms with Gasteiger partial charge in [-0.15, -0.1) is 0 Å². The van der Waals surface area contributed by atoms with Crippen LogP contribution in [-0.4, -0.2) is 50.6 Å². The second-order valence-electron chi connectivity index (χ2n) is 5.88. The molecular formula is C16H23N3O4S2. The first kappa shape index (κ1) is 19.5. The Hall–Kier alpha value is -1.87. The molecule has 0 bridgehead atoms. The lowest BCUT2D eigenvalue weighted by atomic mass is 10.2. The lowest BCUT2D eigenvalue weighted by Crippen LogP contribution is -2.40. The molecule has 1 aliphatic rings. The van der Waals surface area contributed by atoms with E-state index in [1.165, 1.54) is 0 Å². The monoisotopic (exact) mass is 385 g/mol. The number of hydrogen-bond acceptors (Lipinski definition) is 5. The molecule has 138 valence electrons. The molecule has 0 radical (unpaired) electrons. The maximum atomic E-state index is 11.8. The van der Waals surface area contributed by atoms with Crippen molar-refractivity contribution >= 4 is 33.1 Å². The van der Waals surface area contributed by atoms with E-state index < -0.39 is 9.84 Å². The van der Waals surface area contributed by atoms with Crippen LogP contribution >= 0.6 is 12.2 Å². The Morgan fingerprint density at radius 3 is 2.60 bits per heavy atom. The van der Waals surface area contributed by atoms with E-state index >= 15 is 0 Å². The molecule has 9 heteroatoms. The third-order valence-electron chi connectivity index (χ3n) is 3.85. The van der Waals surface area contributed by atoms with Gasteiger partial charge in [-0.05, 0) is 36.3 Å². The Morgan fingerprint density at radius 1 is 1.28 bits per heavy atom. The summed E-state index contributed by atoms with van der Waals surface area (Å²) in [6.45, 7) is 0.960. The number of benzene rings is 1. The fourth-order valence-electron chi connectivity index (χ4n) is 2.49. The molecule has 1 fully saturated rings. The number of carbonyl (C=O) groups is 1. The lowest BCUT2D eigenvalue weighted by molar-refractivity contribution is -0.121. The van der Waals surface area contributed by atoms with Gasteiger partial charge in [0.2, 0.25) is 5.91 Å². The zero-order valence-electron chi connectivity index (χ0n) is 14.1. The summed E-state index contributed by atoms with van der Waals surface area (Å²) >= 11 is 5.17. The van der Waals surface area contributed by atoms with Crippen molar-refractivity contribution in [3.05, 3.63) is 29.8 Å². The Labute approximate surface area is 153 Å². The quantitative estimate of drug-likeness (QED) is 0.583. The molecular weight excluding hydrogens is 362 g/mol. The van der Waals surface area contributed by atoms with Crippen LogP contribution in [0.4, 0.5) is 0 Å². The third-order valence-corrected chi connectivity index (χ3v) is 5.90. The van der Waals surface area contributed by atoms with E-state index in [1.807, 2.05) is 24.3 Å². The van der Waals surface area contributed by atoms with E-state index in [-0.39, 0.29) is 29.9 Å². The molecule has 25 heavy (non-hydrogen) atoms. The summed E-state index contributed by atoms with van der Waals surface area (Å²) < 4.78 is 27.8. The number of amides is 1. The summed E-state index contributed by atoms with van der Waals surface area (Å²) in [5.41, 5.74) is 1.06. The Bertz CT molecular complexity index is 705. The highest BCUT2D eigenvalue weighted by molar-refractivity contribution is 7.91. The predicted molar refractivity (Wildman–Crippen MR) is 100 cm³/mol. The highest BCUT2D eigenvalue weighted by Gasteiger charge is 2.28. The zero-order chi connectivity index (χ0) is 18.3. The third kappa shape index (κ3) is 6.87. The van der Waals surface area contributed by atoms with Crippen LogP contribution in [-0.2, 0) is 21.2 Å². The van der Waals surface area contributed by atoms with Gasteiger partial charge in [0.15, 0.2) is 14.9 Å². The molecule has 1 unspecified atom stereocenters. The minimum Gasteiger partial charge on any atom is -0.497 e. The maximum absolute atomic E-state index is 11.8. The van der Waals surface area contributed by atoms with Gasteiger partial charge < -0.3 is 20.7 Å². The Kier molecular flexibility index (Phi) is 7.01. The van der Waals surface area contributed by atoms with Gasteiger partial charge in [-0.2, -0.15) is 0 Å². The molecule has 0 saturated carbocycles. The summed E-state index contributed by atoms with van der Waals surface area (Å²) in [6.07, 6.45) is 0.726. The zero-order valence-corrected chi connectivity index (χ0v) is 15.7. The largest absolute Gasteiger partial charge is 0.497 e.